The summed E-state index contributed by atoms with van der Waals surface area (Å²) < 4.78 is 0. The number of β-amino-alcohol motifs (C(OH)–C–C–N with tert-alkyl or cyclic N) is 1. The molecule has 0 saturated carbocycles. The van der Waals surface area contributed by atoms with Gasteiger partial charge in [0.25, 0.3) is 0 Å². The van der Waals surface area contributed by atoms with Gasteiger partial charge in [-0.05, 0) is 38.0 Å². The molecule has 0 radical (unpaired) electrons. The summed E-state index contributed by atoms with van der Waals surface area (Å²) in [7, 11) is 0. The summed E-state index contributed by atoms with van der Waals surface area (Å²) in [5.74, 6) is 0.622. The molecule has 1 aliphatic rings. The molecule has 0 bridgehead atoms. The molecule has 0 aromatic carbocycles. The van der Waals surface area contributed by atoms with Crippen molar-refractivity contribution in [2.45, 2.75) is 72.1 Å². The lowest BCUT2D eigenvalue weighted by molar-refractivity contribution is 0.0217. The van der Waals surface area contributed by atoms with Gasteiger partial charge in [0, 0.05) is 18.1 Å². The lowest BCUT2D eigenvalue weighted by Gasteiger charge is -2.45. The molecular weight excluding hydrogens is 226 g/mol. The second kappa shape index (κ2) is 5.48. The lowest BCUT2D eigenvalue weighted by Crippen LogP contribution is -2.51. The fourth-order valence-corrected chi connectivity index (χ4v) is 3.23. The number of nitrogens with zero attached hydrogens (tertiary/aromatic N) is 1. The van der Waals surface area contributed by atoms with Crippen molar-refractivity contribution in [3.05, 3.63) is 0 Å². The number of hydrogen-bond acceptors (Lipinski definition) is 3. The molecule has 2 N–H and O–H groups in total. The zero-order valence-electron chi connectivity index (χ0n) is 12.9. The van der Waals surface area contributed by atoms with E-state index in [-0.39, 0.29) is 29.7 Å². The van der Waals surface area contributed by atoms with Crippen LogP contribution in [0.2, 0.25) is 0 Å². The smallest absolute Gasteiger partial charge is 0.0683 e. The van der Waals surface area contributed by atoms with Gasteiger partial charge < -0.3 is 10.2 Å². The highest BCUT2D eigenvalue weighted by Crippen LogP contribution is 2.39. The summed E-state index contributed by atoms with van der Waals surface area (Å²) in [4.78, 5) is 2.29. The fraction of sp³-hybridized carbons (Fsp3) is 1.00. The summed E-state index contributed by atoms with van der Waals surface area (Å²) in [5, 5.41) is 19.3. The molecule has 108 valence electrons. The maximum atomic E-state index is 9.82. The molecule has 1 fully saturated rings. The van der Waals surface area contributed by atoms with Crippen LogP contribution in [0.4, 0.5) is 0 Å². The van der Waals surface area contributed by atoms with E-state index < -0.39 is 0 Å². The highest BCUT2D eigenvalue weighted by Gasteiger charge is 2.42. The van der Waals surface area contributed by atoms with Crippen molar-refractivity contribution in [3.8, 4) is 0 Å². The first-order valence-electron chi connectivity index (χ1n) is 7.16. The summed E-state index contributed by atoms with van der Waals surface area (Å²) in [6.07, 6.45) is 1.48. The largest absolute Gasteiger partial charge is 0.395 e. The first kappa shape index (κ1) is 15.9. The van der Waals surface area contributed by atoms with Crippen LogP contribution in [0.5, 0.6) is 0 Å². The van der Waals surface area contributed by atoms with Crippen LogP contribution < -0.4 is 0 Å². The van der Waals surface area contributed by atoms with Crippen molar-refractivity contribution in [1.29, 1.82) is 0 Å². The highest BCUT2D eigenvalue weighted by atomic mass is 16.3. The summed E-state index contributed by atoms with van der Waals surface area (Å²) in [5.41, 5.74) is 0.274. The molecule has 1 heterocycles. The lowest BCUT2D eigenvalue weighted by atomic mass is 9.72. The molecule has 1 rings (SSSR count). The Kier molecular flexibility index (Phi) is 4.85. The Balaban J connectivity index is 2.79. The van der Waals surface area contributed by atoms with Gasteiger partial charge in [-0.25, -0.2) is 0 Å². The van der Waals surface area contributed by atoms with Crippen molar-refractivity contribution in [2.24, 2.45) is 11.3 Å². The number of likely N-dealkylation sites (tertiary alicyclic amines) is 1. The Morgan fingerprint density at radius 3 is 2.22 bits per heavy atom. The van der Waals surface area contributed by atoms with Gasteiger partial charge in [0.15, 0.2) is 0 Å². The molecule has 0 aromatic heterocycles. The third kappa shape index (κ3) is 3.46. The molecule has 1 saturated heterocycles. The Hall–Kier alpha value is -0.120. The third-order valence-corrected chi connectivity index (χ3v) is 4.83. The van der Waals surface area contributed by atoms with Crippen molar-refractivity contribution in [2.75, 3.05) is 13.2 Å². The molecule has 0 aliphatic carbocycles. The van der Waals surface area contributed by atoms with Crippen LogP contribution in [0.15, 0.2) is 0 Å². The molecular formula is C15H31NO2. The number of hydrogen-bond donors (Lipinski definition) is 2. The van der Waals surface area contributed by atoms with Gasteiger partial charge in [-0.3, -0.25) is 4.90 Å². The number of aliphatic hydroxyl groups is 2. The van der Waals surface area contributed by atoms with Gasteiger partial charge in [-0.1, -0.05) is 27.7 Å². The minimum Gasteiger partial charge on any atom is -0.395 e. The quantitative estimate of drug-likeness (QED) is 0.794. The van der Waals surface area contributed by atoms with Crippen molar-refractivity contribution in [1.82, 2.24) is 4.90 Å². The van der Waals surface area contributed by atoms with Crippen LogP contribution in [-0.2, 0) is 0 Å². The predicted molar refractivity (Wildman–Crippen MR) is 75.5 cm³/mol. The van der Waals surface area contributed by atoms with Gasteiger partial charge in [-0.2, -0.15) is 0 Å². The average molecular weight is 257 g/mol. The van der Waals surface area contributed by atoms with Crippen molar-refractivity contribution < 1.29 is 10.2 Å². The number of rotatable bonds is 5. The topological polar surface area (TPSA) is 43.7 Å². The van der Waals surface area contributed by atoms with Gasteiger partial charge in [0.2, 0.25) is 0 Å². The highest BCUT2D eigenvalue weighted by molar-refractivity contribution is 4.97. The maximum absolute atomic E-state index is 9.82. The van der Waals surface area contributed by atoms with E-state index in [4.69, 9.17) is 0 Å². The molecule has 3 heteroatoms. The van der Waals surface area contributed by atoms with Gasteiger partial charge in [0.1, 0.15) is 0 Å². The van der Waals surface area contributed by atoms with Crippen molar-refractivity contribution in [3.63, 3.8) is 0 Å². The normalized spacial score (nSPS) is 27.2. The third-order valence-electron chi connectivity index (χ3n) is 4.83. The Morgan fingerprint density at radius 2 is 1.78 bits per heavy atom. The van der Waals surface area contributed by atoms with Gasteiger partial charge in [0.05, 0.1) is 12.7 Å². The first-order chi connectivity index (χ1) is 8.10. The van der Waals surface area contributed by atoms with Crippen LogP contribution in [0.3, 0.4) is 0 Å². The molecule has 18 heavy (non-hydrogen) atoms. The SMILES string of the molecule is CC(C)C(C)(C)CC(C)(C)N1C[C@H](O)C[C@H]1CO. The van der Waals surface area contributed by atoms with Gasteiger partial charge in [-0.15, -0.1) is 0 Å². The Morgan fingerprint density at radius 1 is 1.22 bits per heavy atom. The minimum atomic E-state index is -0.288. The van der Waals surface area contributed by atoms with Crippen molar-refractivity contribution >= 4 is 0 Å². The molecule has 0 aromatic rings. The van der Waals surface area contributed by atoms with Crippen LogP contribution in [-0.4, -0.2) is 45.9 Å². The van der Waals surface area contributed by atoms with E-state index in [9.17, 15) is 10.2 Å². The molecule has 1 aliphatic heterocycles. The zero-order chi connectivity index (χ0) is 14.1. The summed E-state index contributed by atoms with van der Waals surface area (Å²) in [6.45, 7) is 14.4. The van der Waals surface area contributed by atoms with E-state index in [0.717, 1.165) is 6.42 Å². The summed E-state index contributed by atoms with van der Waals surface area (Å²) in [6, 6.07) is 0.109. The van der Waals surface area contributed by atoms with E-state index in [1.165, 1.54) is 0 Å². The van der Waals surface area contributed by atoms with E-state index in [1.807, 2.05) is 0 Å². The van der Waals surface area contributed by atoms with E-state index in [2.05, 4.69) is 46.4 Å². The van der Waals surface area contributed by atoms with E-state index >= 15 is 0 Å². The predicted octanol–water partition coefficient (Wildman–Crippen LogP) is 2.26. The molecule has 3 nitrogen and oxygen atoms in total. The van der Waals surface area contributed by atoms with Crippen LogP contribution in [0.25, 0.3) is 0 Å². The van der Waals surface area contributed by atoms with Crippen LogP contribution >= 0.6 is 0 Å². The van der Waals surface area contributed by atoms with Gasteiger partial charge >= 0.3 is 0 Å². The second-order valence-electron chi connectivity index (χ2n) is 7.51. The average Bonchev–Trinajstić information content (AvgIpc) is 2.58. The van der Waals surface area contributed by atoms with E-state index in [0.29, 0.717) is 18.9 Å². The maximum Gasteiger partial charge on any atom is 0.0683 e. The Labute approximate surface area is 112 Å². The monoisotopic (exact) mass is 257 g/mol. The zero-order valence-corrected chi connectivity index (χ0v) is 12.9. The molecule has 0 unspecified atom stereocenters. The van der Waals surface area contributed by atoms with Crippen LogP contribution in [0.1, 0.15) is 54.4 Å². The fourth-order valence-electron chi connectivity index (χ4n) is 3.23. The molecule has 0 amide bonds. The minimum absolute atomic E-state index is 0.0125. The number of aliphatic hydroxyl groups excluding tert-OH is 2. The molecule has 2 atom stereocenters. The summed E-state index contributed by atoms with van der Waals surface area (Å²) >= 11 is 0. The van der Waals surface area contributed by atoms with E-state index in [1.54, 1.807) is 0 Å². The van der Waals surface area contributed by atoms with Crippen LogP contribution in [0, 0.1) is 11.3 Å². The second-order valence-corrected chi connectivity index (χ2v) is 7.51. The molecule has 0 spiro atoms. The first-order valence-corrected chi connectivity index (χ1v) is 7.16. The standard InChI is InChI=1S/C15H31NO2/c1-11(2)14(3,4)10-15(5,6)16-8-13(18)7-12(16)9-17/h11-13,17-18H,7-10H2,1-6H3/t12-,13+/m0/s1. The Bertz CT molecular complexity index is 274.